The van der Waals surface area contributed by atoms with E-state index < -0.39 is 17.5 Å². The highest BCUT2D eigenvalue weighted by Crippen LogP contribution is 2.31. The van der Waals surface area contributed by atoms with Crippen LogP contribution in [0.2, 0.25) is 0 Å². The van der Waals surface area contributed by atoms with Crippen LogP contribution in [-0.2, 0) is 0 Å². The average molecular weight is 298 g/mol. The molecule has 21 heavy (non-hydrogen) atoms. The van der Waals surface area contributed by atoms with Crippen molar-refractivity contribution in [1.29, 1.82) is 0 Å². The monoisotopic (exact) mass is 298 g/mol. The molecule has 1 aromatic carbocycles. The van der Waals surface area contributed by atoms with Gasteiger partial charge in [0.1, 0.15) is 6.26 Å². The van der Waals surface area contributed by atoms with Crippen LogP contribution in [0.3, 0.4) is 0 Å². The summed E-state index contributed by atoms with van der Waals surface area (Å²) in [6, 6.07) is 2.70. The highest BCUT2D eigenvalue weighted by atomic mass is 19.2. The molecule has 0 saturated carbocycles. The first kappa shape index (κ1) is 13.9. The molecule has 1 fully saturated rings. The van der Waals surface area contributed by atoms with E-state index in [0.717, 1.165) is 12.1 Å². The maximum absolute atomic E-state index is 13.3. The first-order chi connectivity index (χ1) is 10.1. The average Bonchev–Trinajstić information content (AvgIpc) is 2.90. The van der Waals surface area contributed by atoms with Gasteiger partial charge in [0, 0.05) is 12.1 Å². The lowest BCUT2D eigenvalue weighted by Gasteiger charge is -2.30. The molecule has 7 heteroatoms. The topological polar surface area (TPSA) is 47.2 Å². The van der Waals surface area contributed by atoms with E-state index in [1.165, 1.54) is 17.1 Å². The number of benzene rings is 1. The van der Waals surface area contributed by atoms with Crippen molar-refractivity contribution in [3.8, 4) is 0 Å². The molecule has 0 spiro atoms. The molecule has 2 heterocycles. The van der Waals surface area contributed by atoms with Crippen LogP contribution in [0.25, 0.3) is 0 Å². The number of halogens is 3. The van der Waals surface area contributed by atoms with Crippen LogP contribution in [0.15, 0.2) is 33.8 Å². The summed E-state index contributed by atoms with van der Waals surface area (Å²) in [6.45, 7) is 0.559. The largest absolute Gasteiger partial charge is 0.384 e. The van der Waals surface area contributed by atoms with Gasteiger partial charge in [-0.3, -0.25) is 4.79 Å². The molecule has 0 bridgehead atoms. The number of aromatic nitrogens is 1. The molecule has 0 unspecified atom stereocenters. The van der Waals surface area contributed by atoms with Crippen LogP contribution < -0.4 is 10.9 Å². The summed E-state index contributed by atoms with van der Waals surface area (Å²) in [5, 5.41) is 3.11. The summed E-state index contributed by atoms with van der Waals surface area (Å²) in [6.07, 6.45) is 2.39. The van der Waals surface area contributed by atoms with Gasteiger partial charge >= 0.3 is 0 Å². The lowest BCUT2D eigenvalue weighted by atomic mass is 9.93. The molecular weight excluding hydrogens is 285 g/mol. The zero-order valence-corrected chi connectivity index (χ0v) is 11.0. The number of nitrogens with one attached hydrogen (secondary N) is 1. The molecule has 2 atom stereocenters. The third-order valence-electron chi connectivity index (χ3n) is 3.72. The maximum Gasteiger partial charge on any atom is 0.282 e. The van der Waals surface area contributed by atoms with Crippen molar-refractivity contribution in [3.63, 3.8) is 0 Å². The van der Waals surface area contributed by atoms with E-state index in [0.29, 0.717) is 24.9 Å². The first-order valence-electron chi connectivity index (χ1n) is 6.60. The number of hydrogen-bond donors (Lipinski definition) is 1. The van der Waals surface area contributed by atoms with Gasteiger partial charge in [-0.05, 0) is 37.1 Å². The fourth-order valence-electron chi connectivity index (χ4n) is 2.69. The Morgan fingerprint density at radius 2 is 1.95 bits per heavy atom. The highest BCUT2D eigenvalue weighted by molar-refractivity contribution is 5.23. The van der Waals surface area contributed by atoms with Gasteiger partial charge in [-0.1, -0.05) is 0 Å². The zero-order valence-electron chi connectivity index (χ0n) is 11.0. The molecule has 3 rings (SSSR count). The van der Waals surface area contributed by atoms with Crippen LogP contribution in [-0.4, -0.2) is 11.3 Å². The fourth-order valence-corrected chi connectivity index (χ4v) is 2.69. The van der Waals surface area contributed by atoms with Crippen molar-refractivity contribution in [3.05, 3.63) is 57.8 Å². The Morgan fingerprint density at radius 3 is 2.57 bits per heavy atom. The Morgan fingerprint density at radius 1 is 1.24 bits per heavy atom. The molecule has 1 aliphatic rings. The van der Waals surface area contributed by atoms with Gasteiger partial charge in [0.05, 0.1) is 6.04 Å². The second kappa shape index (κ2) is 5.40. The predicted molar refractivity (Wildman–Crippen MR) is 68.3 cm³/mol. The Kier molecular flexibility index (Phi) is 3.59. The van der Waals surface area contributed by atoms with E-state index in [1.807, 2.05) is 0 Å². The van der Waals surface area contributed by atoms with E-state index in [2.05, 4.69) is 5.32 Å². The predicted octanol–water partition coefficient (Wildman–Crippen LogP) is 2.52. The molecule has 0 radical (unpaired) electrons. The molecule has 1 aliphatic heterocycles. The lowest BCUT2D eigenvalue weighted by Crippen LogP contribution is -2.35. The molecule has 1 aromatic heterocycles. The van der Waals surface area contributed by atoms with E-state index in [-0.39, 0.29) is 17.6 Å². The SMILES string of the molecule is O=c1ccon1[C@@H]1CCN[C@H](c2cc(F)c(F)c(F)c2)C1. The third kappa shape index (κ3) is 2.61. The fraction of sp³-hybridized carbons (Fsp3) is 0.357. The molecular formula is C14H13F3N2O2. The minimum atomic E-state index is -1.48. The van der Waals surface area contributed by atoms with Crippen LogP contribution in [0.4, 0.5) is 13.2 Å². The van der Waals surface area contributed by atoms with Gasteiger partial charge in [-0.2, -0.15) is 4.74 Å². The van der Waals surface area contributed by atoms with Gasteiger partial charge in [-0.15, -0.1) is 0 Å². The van der Waals surface area contributed by atoms with Crippen LogP contribution >= 0.6 is 0 Å². The smallest absolute Gasteiger partial charge is 0.282 e. The van der Waals surface area contributed by atoms with E-state index in [1.54, 1.807) is 0 Å². The molecule has 4 nitrogen and oxygen atoms in total. The summed E-state index contributed by atoms with van der Waals surface area (Å²) in [5.41, 5.74) is 0.0628. The van der Waals surface area contributed by atoms with Gasteiger partial charge in [-0.25, -0.2) is 13.2 Å². The lowest BCUT2D eigenvalue weighted by molar-refractivity contribution is 0.161. The Labute approximate surface area is 118 Å². The van der Waals surface area contributed by atoms with E-state index in [4.69, 9.17) is 4.52 Å². The summed E-state index contributed by atoms with van der Waals surface area (Å²) in [4.78, 5) is 11.6. The molecule has 1 N–H and O–H groups in total. The molecule has 2 aromatic rings. The Bertz CT molecular complexity index is 687. The van der Waals surface area contributed by atoms with Gasteiger partial charge in [0.2, 0.25) is 0 Å². The summed E-state index contributed by atoms with van der Waals surface area (Å²) in [7, 11) is 0. The van der Waals surface area contributed by atoms with Gasteiger partial charge < -0.3 is 9.84 Å². The number of hydrogen-bond acceptors (Lipinski definition) is 3. The maximum atomic E-state index is 13.3. The normalized spacial score (nSPS) is 22.4. The van der Waals surface area contributed by atoms with Crippen LogP contribution in [0.5, 0.6) is 0 Å². The second-order valence-corrected chi connectivity index (χ2v) is 5.06. The van der Waals surface area contributed by atoms with Crippen molar-refractivity contribution in [2.75, 3.05) is 6.54 Å². The first-order valence-corrected chi connectivity index (χ1v) is 6.60. The minimum absolute atomic E-state index is 0.199. The van der Waals surface area contributed by atoms with Gasteiger partial charge in [0.25, 0.3) is 5.56 Å². The quantitative estimate of drug-likeness (QED) is 0.867. The van der Waals surface area contributed by atoms with Gasteiger partial charge in [0.15, 0.2) is 17.5 Å². The number of rotatable bonds is 2. The summed E-state index contributed by atoms with van der Waals surface area (Å²) < 4.78 is 46.0. The number of nitrogens with zero attached hydrogens (tertiary/aromatic N) is 1. The third-order valence-corrected chi connectivity index (χ3v) is 3.72. The Balaban J connectivity index is 1.87. The van der Waals surface area contributed by atoms with E-state index >= 15 is 0 Å². The second-order valence-electron chi connectivity index (χ2n) is 5.06. The summed E-state index contributed by atoms with van der Waals surface area (Å²) >= 11 is 0. The standard InChI is InChI=1S/C14H13F3N2O2/c15-10-5-8(6-11(16)14(10)17)12-7-9(1-3-18-12)19-13(20)2-4-21-19/h2,4-6,9,12,18H,1,3,7H2/t9-,12+/m1/s1. The highest BCUT2D eigenvalue weighted by Gasteiger charge is 2.27. The van der Waals surface area contributed by atoms with Crippen molar-refractivity contribution in [2.45, 2.75) is 24.9 Å². The molecule has 112 valence electrons. The van der Waals surface area contributed by atoms with Crippen molar-refractivity contribution >= 4 is 0 Å². The zero-order chi connectivity index (χ0) is 15.0. The van der Waals surface area contributed by atoms with Crippen molar-refractivity contribution in [1.82, 2.24) is 10.1 Å². The number of piperidine rings is 1. The Hall–Kier alpha value is -2.02. The molecule has 1 saturated heterocycles. The molecule has 0 amide bonds. The van der Waals surface area contributed by atoms with Crippen LogP contribution in [0, 0.1) is 17.5 Å². The molecule has 0 aliphatic carbocycles. The summed E-state index contributed by atoms with van der Waals surface area (Å²) in [5.74, 6) is -3.92. The van der Waals surface area contributed by atoms with Crippen LogP contribution in [0.1, 0.15) is 30.5 Å². The minimum Gasteiger partial charge on any atom is -0.384 e. The van der Waals surface area contributed by atoms with Crippen molar-refractivity contribution < 1.29 is 17.7 Å². The van der Waals surface area contributed by atoms with Crippen molar-refractivity contribution in [2.24, 2.45) is 0 Å². The van der Waals surface area contributed by atoms with E-state index in [9.17, 15) is 18.0 Å².